The maximum atomic E-state index is 13.5. The van der Waals surface area contributed by atoms with E-state index in [9.17, 15) is 13.9 Å². The van der Waals surface area contributed by atoms with Crippen molar-refractivity contribution < 1.29 is 13.9 Å². The monoisotopic (exact) mass is 268 g/mol. The van der Waals surface area contributed by atoms with Crippen molar-refractivity contribution in [3.8, 4) is 0 Å². The second kappa shape index (κ2) is 5.59. The quantitative estimate of drug-likeness (QED) is 0.888. The third kappa shape index (κ3) is 2.94. The Labute approximate surface area is 109 Å². The van der Waals surface area contributed by atoms with E-state index in [2.05, 4.69) is 0 Å². The first-order valence-electron chi connectivity index (χ1n) is 5.72. The maximum absolute atomic E-state index is 13.5. The van der Waals surface area contributed by atoms with E-state index >= 15 is 0 Å². The molecule has 0 saturated heterocycles. The van der Waals surface area contributed by atoms with Crippen LogP contribution in [0.3, 0.4) is 0 Å². The van der Waals surface area contributed by atoms with Gasteiger partial charge in [0.25, 0.3) is 0 Å². The zero-order chi connectivity index (χ0) is 13.1. The highest BCUT2D eigenvalue weighted by Crippen LogP contribution is 2.24. The average molecular weight is 268 g/mol. The largest absolute Gasteiger partial charge is 0.388 e. The van der Waals surface area contributed by atoms with Crippen LogP contribution >= 0.6 is 11.3 Å². The molecule has 4 heteroatoms. The van der Waals surface area contributed by atoms with Crippen LogP contribution in [0.25, 0.3) is 0 Å². The molecule has 0 saturated carbocycles. The molecule has 1 nitrogen and oxygen atoms in total. The third-order valence-corrected chi connectivity index (χ3v) is 3.66. The van der Waals surface area contributed by atoms with Crippen LogP contribution in [0.2, 0.25) is 0 Å². The van der Waals surface area contributed by atoms with Crippen molar-refractivity contribution in [1.29, 1.82) is 0 Å². The first-order chi connectivity index (χ1) is 8.58. The summed E-state index contributed by atoms with van der Waals surface area (Å²) < 4.78 is 26.7. The molecule has 0 spiro atoms. The number of hydrogen-bond acceptors (Lipinski definition) is 2. The minimum atomic E-state index is -0.899. The lowest BCUT2D eigenvalue weighted by atomic mass is 10.0. The molecule has 1 aromatic carbocycles. The van der Waals surface area contributed by atoms with Crippen molar-refractivity contribution in [3.63, 3.8) is 0 Å². The number of rotatable bonds is 4. The first kappa shape index (κ1) is 13.2. The molecule has 0 aliphatic carbocycles. The van der Waals surface area contributed by atoms with Gasteiger partial charge in [-0.2, -0.15) is 11.3 Å². The number of aliphatic hydroxyl groups excluding tert-OH is 1. The van der Waals surface area contributed by atoms with Crippen LogP contribution in [0.5, 0.6) is 0 Å². The van der Waals surface area contributed by atoms with Gasteiger partial charge < -0.3 is 5.11 Å². The second-order valence-corrected chi connectivity index (χ2v) is 5.09. The summed E-state index contributed by atoms with van der Waals surface area (Å²) in [5, 5.41) is 13.9. The van der Waals surface area contributed by atoms with E-state index in [4.69, 9.17) is 0 Å². The van der Waals surface area contributed by atoms with Crippen molar-refractivity contribution in [2.24, 2.45) is 0 Å². The fraction of sp³-hybridized carbons (Fsp3) is 0.286. The smallest absolute Gasteiger partial charge is 0.131 e. The van der Waals surface area contributed by atoms with E-state index in [0.717, 1.165) is 11.6 Å². The zero-order valence-electron chi connectivity index (χ0n) is 9.99. The van der Waals surface area contributed by atoms with Gasteiger partial charge in [-0.3, -0.25) is 0 Å². The summed E-state index contributed by atoms with van der Waals surface area (Å²) in [6, 6.07) is 4.19. The normalized spacial score (nSPS) is 12.7. The number of halogens is 2. The molecule has 0 bridgehead atoms. The van der Waals surface area contributed by atoms with Crippen LogP contribution < -0.4 is 0 Å². The molecule has 0 aliphatic heterocycles. The molecule has 1 heterocycles. The van der Waals surface area contributed by atoms with Gasteiger partial charge in [0.05, 0.1) is 6.10 Å². The molecule has 0 radical (unpaired) electrons. The van der Waals surface area contributed by atoms with Crippen molar-refractivity contribution in [3.05, 3.63) is 57.3 Å². The van der Waals surface area contributed by atoms with E-state index in [1.807, 2.05) is 16.8 Å². The molecule has 1 aromatic heterocycles. The molecular formula is C14H14F2OS. The van der Waals surface area contributed by atoms with Gasteiger partial charge in [0.1, 0.15) is 11.6 Å². The fourth-order valence-corrected chi connectivity index (χ4v) is 2.53. The molecule has 1 unspecified atom stereocenters. The molecule has 0 amide bonds. The standard InChI is InChI=1S/C14H14F2OS/c1-9-6-11(13(16)7-12(9)15)14(17)3-2-10-4-5-18-8-10/h4-8,14,17H,2-3H2,1H3. The van der Waals surface area contributed by atoms with E-state index < -0.39 is 17.7 Å². The molecular weight excluding hydrogens is 254 g/mol. The highest BCUT2D eigenvalue weighted by molar-refractivity contribution is 7.07. The SMILES string of the molecule is Cc1cc(C(O)CCc2ccsc2)c(F)cc1F. The Kier molecular flexibility index (Phi) is 4.09. The van der Waals surface area contributed by atoms with Gasteiger partial charge in [-0.1, -0.05) is 0 Å². The Morgan fingerprint density at radius 3 is 2.72 bits per heavy atom. The van der Waals surface area contributed by atoms with Gasteiger partial charge in [0.15, 0.2) is 0 Å². The highest BCUT2D eigenvalue weighted by atomic mass is 32.1. The summed E-state index contributed by atoms with van der Waals surface area (Å²) in [4.78, 5) is 0. The predicted octanol–water partition coefficient (Wildman–Crippen LogP) is 4.00. The fourth-order valence-electron chi connectivity index (χ4n) is 1.83. The van der Waals surface area contributed by atoms with Crippen LogP contribution in [0, 0.1) is 18.6 Å². The number of benzene rings is 1. The van der Waals surface area contributed by atoms with Gasteiger partial charge in [-0.25, -0.2) is 8.78 Å². The summed E-state index contributed by atoms with van der Waals surface area (Å²) in [5.74, 6) is -1.27. The zero-order valence-corrected chi connectivity index (χ0v) is 10.8. The van der Waals surface area contributed by atoms with Crippen molar-refractivity contribution >= 4 is 11.3 Å². The van der Waals surface area contributed by atoms with Crippen LogP contribution in [0.1, 0.15) is 29.2 Å². The Morgan fingerprint density at radius 1 is 1.28 bits per heavy atom. The first-order valence-corrected chi connectivity index (χ1v) is 6.67. The Hall–Kier alpha value is -1.26. The number of hydrogen-bond donors (Lipinski definition) is 1. The van der Waals surface area contributed by atoms with Crippen LogP contribution in [0.4, 0.5) is 8.78 Å². The molecule has 0 fully saturated rings. The number of thiophene rings is 1. The summed E-state index contributed by atoms with van der Waals surface area (Å²) in [6.07, 6.45) is 0.211. The molecule has 18 heavy (non-hydrogen) atoms. The minimum absolute atomic E-state index is 0.170. The average Bonchev–Trinajstić information content (AvgIpc) is 2.84. The number of aliphatic hydroxyl groups is 1. The second-order valence-electron chi connectivity index (χ2n) is 4.31. The lowest BCUT2D eigenvalue weighted by Gasteiger charge is -2.12. The molecule has 2 aromatic rings. The Morgan fingerprint density at radius 2 is 2.06 bits per heavy atom. The highest BCUT2D eigenvalue weighted by Gasteiger charge is 2.15. The van der Waals surface area contributed by atoms with Crippen LogP contribution in [-0.4, -0.2) is 5.11 Å². The minimum Gasteiger partial charge on any atom is -0.388 e. The van der Waals surface area contributed by atoms with Crippen LogP contribution in [-0.2, 0) is 6.42 Å². The lowest BCUT2D eigenvalue weighted by Crippen LogP contribution is -2.04. The van der Waals surface area contributed by atoms with Gasteiger partial charge >= 0.3 is 0 Å². The van der Waals surface area contributed by atoms with Gasteiger partial charge in [-0.15, -0.1) is 0 Å². The topological polar surface area (TPSA) is 20.2 Å². The van der Waals surface area contributed by atoms with Crippen LogP contribution in [0.15, 0.2) is 29.0 Å². The summed E-state index contributed by atoms with van der Waals surface area (Å²) in [5.41, 5.74) is 1.64. The van der Waals surface area contributed by atoms with Crippen molar-refractivity contribution in [2.75, 3.05) is 0 Å². The molecule has 0 aliphatic rings. The van der Waals surface area contributed by atoms with E-state index in [1.165, 1.54) is 6.07 Å². The summed E-state index contributed by atoms with van der Waals surface area (Å²) in [6.45, 7) is 1.56. The molecule has 96 valence electrons. The van der Waals surface area contributed by atoms with E-state index in [-0.39, 0.29) is 5.56 Å². The molecule has 1 atom stereocenters. The Balaban J connectivity index is 2.09. The predicted molar refractivity (Wildman–Crippen MR) is 68.7 cm³/mol. The molecule has 1 N–H and O–H groups in total. The van der Waals surface area contributed by atoms with Crippen molar-refractivity contribution in [1.82, 2.24) is 0 Å². The molecule has 2 rings (SSSR count). The van der Waals surface area contributed by atoms with Crippen molar-refractivity contribution in [2.45, 2.75) is 25.9 Å². The van der Waals surface area contributed by atoms with Gasteiger partial charge in [-0.05, 0) is 53.8 Å². The third-order valence-electron chi connectivity index (χ3n) is 2.92. The Bertz CT molecular complexity index is 523. The summed E-state index contributed by atoms with van der Waals surface area (Å²) in [7, 11) is 0. The number of aryl methyl sites for hydroxylation is 2. The van der Waals surface area contributed by atoms with Gasteiger partial charge in [0.2, 0.25) is 0 Å². The van der Waals surface area contributed by atoms with Gasteiger partial charge in [0, 0.05) is 11.6 Å². The van der Waals surface area contributed by atoms with E-state index in [1.54, 1.807) is 18.3 Å². The van der Waals surface area contributed by atoms with E-state index in [0.29, 0.717) is 18.4 Å². The lowest BCUT2D eigenvalue weighted by molar-refractivity contribution is 0.163. The maximum Gasteiger partial charge on any atom is 0.131 e. The summed E-state index contributed by atoms with van der Waals surface area (Å²) >= 11 is 1.59.